The van der Waals surface area contributed by atoms with Crippen LogP contribution in [0.5, 0.6) is 0 Å². The van der Waals surface area contributed by atoms with Crippen LogP contribution >= 0.6 is 0 Å². The van der Waals surface area contributed by atoms with Gasteiger partial charge in [0.05, 0.1) is 19.8 Å². The predicted molar refractivity (Wildman–Crippen MR) is 134 cm³/mol. The summed E-state index contributed by atoms with van der Waals surface area (Å²) in [4.78, 5) is 23.7. The van der Waals surface area contributed by atoms with Gasteiger partial charge in [-0.05, 0) is 0 Å². The molecule has 244 valence electrons. The number of hydrogen-bond acceptors (Lipinski definition) is 16. The highest BCUT2D eigenvalue weighted by Crippen LogP contribution is 2.31. The number of carbonyl (C=O) groups excluding carboxylic acids is 2. The fraction of sp³-hybridized carbons (Fsp3) is 0.917. The van der Waals surface area contributed by atoms with Crippen molar-refractivity contribution in [1.29, 1.82) is 0 Å². The summed E-state index contributed by atoms with van der Waals surface area (Å²) in [7, 11) is 2.49. The van der Waals surface area contributed by atoms with Gasteiger partial charge in [0.15, 0.2) is 18.9 Å². The molecule has 0 aromatic heterocycles. The van der Waals surface area contributed by atoms with E-state index in [0.29, 0.717) is 0 Å². The van der Waals surface area contributed by atoms with Crippen molar-refractivity contribution in [2.75, 3.05) is 34.0 Å². The number of amides is 2. The summed E-state index contributed by atoms with van der Waals surface area (Å²) in [5.74, 6) is -1.14. The van der Waals surface area contributed by atoms with E-state index in [1.807, 2.05) is 0 Å². The summed E-state index contributed by atoms with van der Waals surface area (Å²) in [6, 6.07) is -2.53. The number of carbonyl (C=O) groups is 2. The average Bonchev–Trinajstić information content (AvgIpc) is 2.94. The molecular formula is C24H42N2O16. The third-order valence-corrected chi connectivity index (χ3v) is 7.37. The Morgan fingerprint density at radius 1 is 0.667 bits per heavy atom. The molecule has 9 N–H and O–H groups in total. The summed E-state index contributed by atoms with van der Waals surface area (Å²) < 4.78 is 38.8. The van der Waals surface area contributed by atoms with Crippen molar-refractivity contribution in [3.05, 3.63) is 0 Å². The molecule has 3 fully saturated rings. The molecule has 18 nitrogen and oxygen atoms in total. The van der Waals surface area contributed by atoms with E-state index < -0.39 is 124 Å². The normalized spacial score (nSPS) is 44.4. The van der Waals surface area contributed by atoms with Gasteiger partial charge < -0.3 is 79.5 Å². The number of nitrogens with one attached hydrogen (secondary N) is 2. The van der Waals surface area contributed by atoms with E-state index in [4.69, 9.17) is 33.2 Å². The van der Waals surface area contributed by atoms with E-state index in [-0.39, 0.29) is 0 Å². The third kappa shape index (κ3) is 7.71. The second kappa shape index (κ2) is 15.4. The lowest BCUT2D eigenvalue weighted by Crippen LogP contribution is -2.68. The van der Waals surface area contributed by atoms with Crippen LogP contribution in [0.25, 0.3) is 0 Å². The molecule has 3 aliphatic heterocycles. The maximum Gasteiger partial charge on any atom is 0.217 e. The van der Waals surface area contributed by atoms with Gasteiger partial charge in [0.25, 0.3) is 0 Å². The number of hydrogen-bond donors (Lipinski definition) is 9. The molecule has 15 atom stereocenters. The highest BCUT2D eigenvalue weighted by molar-refractivity contribution is 5.73. The number of aliphatic hydroxyl groups is 7. The fourth-order valence-electron chi connectivity index (χ4n) is 5.27. The smallest absolute Gasteiger partial charge is 0.217 e. The van der Waals surface area contributed by atoms with Crippen molar-refractivity contribution in [2.24, 2.45) is 0 Å². The minimum Gasteiger partial charge on any atom is -0.394 e. The van der Waals surface area contributed by atoms with Gasteiger partial charge in [-0.25, -0.2) is 0 Å². The lowest BCUT2D eigenvalue weighted by Gasteiger charge is -2.48. The van der Waals surface area contributed by atoms with E-state index in [2.05, 4.69) is 10.6 Å². The molecule has 0 aromatic rings. The van der Waals surface area contributed by atoms with Gasteiger partial charge in [0, 0.05) is 28.1 Å². The highest BCUT2D eigenvalue weighted by atomic mass is 16.7. The van der Waals surface area contributed by atoms with Crippen molar-refractivity contribution in [3.8, 4) is 0 Å². The van der Waals surface area contributed by atoms with Crippen LogP contribution in [-0.2, 0) is 42.7 Å². The summed E-state index contributed by atoms with van der Waals surface area (Å²) in [5.41, 5.74) is 0. The first-order valence-electron chi connectivity index (χ1n) is 13.3. The molecule has 3 rings (SSSR count). The van der Waals surface area contributed by atoms with Crippen molar-refractivity contribution in [3.63, 3.8) is 0 Å². The van der Waals surface area contributed by atoms with Crippen molar-refractivity contribution in [1.82, 2.24) is 10.6 Å². The molecule has 2 amide bonds. The Morgan fingerprint density at radius 2 is 1.24 bits per heavy atom. The first kappa shape index (κ1) is 34.9. The number of methoxy groups -OCH3 is 2. The molecule has 0 unspecified atom stereocenters. The Kier molecular flexibility index (Phi) is 12.8. The van der Waals surface area contributed by atoms with Gasteiger partial charge in [-0.2, -0.15) is 0 Å². The zero-order chi connectivity index (χ0) is 31.3. The van der Waals surface area contributed by atoms with Crippen LogP contribution in [0.1, 0.15) is 13.8 Å². The largest absolute Gasteiger partial charge is 0.394 e. The SMILES string of the molecule is CO[C@H]1[C@H](O[C@H]2[C@@H](O)[C@@H](CO[C@H]3O[C@H](CO)[C@@H](OC)[C@H](O)[C@H]3NC(C)=O)O[C@H](O)[C@@H]2NC(C)=O)O[C@H](CO)[C@H](O)[C@@H]1O. The number of rotatable bonds is 11. The van der Waals surface area contributed by atoms with E-state index in [1.165, 1.54) is 21.1 Å². The van der Waals surface area contributed by atoms with E-state index >= 15 is 0 Å². The van der Waals surface area contributed by atoms with Crippen LogP contribution in [0.15, 0.2) is 0 Å². The van der Waals surface area contributed by atoms with Gasteiger partial charge in [-0.3, -0.25) is 9.59 Å². The Hall–Kier alpha value is -1.62. The molecule has 0 aliphatic carbocycles. The van der Waals surface area contributed by atoms with Crippen LogP contribution in [0.4, 0.5) is 0 Å². The topological polar surface area (TPSA) is 264 Å². The standard InChI is InChI=1S/C24H42N2O16/c1-8(29)25-13-17(33)19(36-3)11(6-28)41-23(13)38-7-12-16(32)20(14(22(35)39-12)26-9(2)30)42-24-21(37-4)18(34)15(31)10(5-27)40-24/h10-24,27-28,31-35H,5-7H2,1-4H3,(H,25,29)(H,26,30)/t10-,11-,12-,13-,14-,15+,16+,17-,18+,19-,20-,21-,22+,23+,24+/m1/s1. The molecule has 0 radical (unpaired) electrons. The Morgan fingerprint density at radius 3 is 1.79 bits per heavy atom. The quantitative estimate of drug-likeness (QED) is 0.105. The van der Waals surface area contributed by atoms with Crippen molar-refractivity contribution >= 4 is 11.8 Å². The molecular weight excluding hydrogens is 572 g/mol. The van der Waals surface area contributed by atoms with Crippen LogP contribution in [0.2, 0.25) is 0 Å². The fourth-order valence-corrected chi connectivity index (χ4v) is 5.27. The Bertz CT molecular complexity index is 885. The molecule has 0 saturated carbocycles. The van der Waals surface area contributed by atoms with Gasteiger partial charge in [0.1, 0.15) is 73.1 Å². The van der Waals surface area contributed by atoms with Crippen molar-refractivity contribution < 1.29 is 78.5 Å². The lowest BCUT2D eigenvalue weighted by atomic mass is 9.95. The summed E-state index contributed by atoms with van der Waals surface area (Å²) in [6.45, 7) is 0.584. The summed E-state index contributed by atoms with van der Waals surface area (Å²) >= 11 is 0. The minimum atomic E-state index is -1.77. The number of aliphatic hydroxyl groups excluding tert-OH is 7. The monoisotopic (exact) mass is 614 g/mol. The average molecular weight is 615 g/mol. The van der Waals surface area contributed by atoms with Crippen LogP contribution in [-0.4, -0.2) is 174 Å². The van der Waals surface area contributed by atoms with Gasteiger partial charge in [-0.1, -0.05) is 0 Å². The molecule has 3 heterocycles. The third-order valence-electron chi connectivity index (χ3n) is 7.37. The molecule has 3 aliphatic rings. The second-order valence-corrected chi connectivity index (χ2v) is 10.3. The Labute approximate surface area is 241 Å². The maximum absolute atomic E-state index is 11.9. The van der Waals surface area contributed by atoms with Crippen LogP contribution in [0, 0.1) is 0 Å². The Balaban J connectivity index is 1.81. The number of ether oxygens (including phenoxy) is 7. The molecule has 42 heavy (non-hydrogen) atoms. The van der Waals surface area contributed by atoms with Gasteiger partial charge >= 0.3 is 0 Å². The zero-order valence-electron chi connectivity index (χ0n) is 23.6. The van der Waals surface area contributed by atoms with Crippen LogP contribution in [0.3, 0.4) is 0 Å². The summed E-state index contributed by atoms with van der Waals surface area (Å²) in [6.07, 6.45) is -18.2. The van der Waals surface area contributed by atoms with Crippen molar-refractivity contribution in [2.45, 2.75) is 106 Å². The first-order chi connectivity index (χ1) is 19.9. The highest BCUT2D eigenvalue weighted by Gasteiger charge is 2.52. The lowest BCUT2D eigenvalue weighted by molar-refractivity contribution is -0.348. The summed E-state index contributed by atoms with van der Waals surface area (Å²) in [5, 5.41) is 77.7. The molecule has 3 saturated heterocycles. The predicted octanol–water partition coefficient (Wildman–Crippen LogP) is -5.98. The first-order valence-corrected chi connectivity index (χ1v) is 13.3. The molecule has 0 spiro atoms. The van der Waals surface area contributed by atoms with E-state index in [9.17, 15) is 45.3 Å². The molecule has 18 heteroatoms. The second-order valence-electron chi connectivity index (χ2n) is 10.3. The molecule has 0 aromatic carbocycles. The van der Waals surface area contributed by atoms with Crippen LogP contribution < -0.4 is 10.6 Å². The van der Waals surface area contributed by atoms with Gasteiger partial charge in [0.2, 0.25) is 11.8 Å². The maximum atomic E-state index is 11.9. The molecule has 0 bridgehead atoms. The van der Waals surface area contributed by atoms with Gasteiger partial charge in [-0.15, -0.1) is 0 Å². The van der Waals surface area contributed by atoms with E-state index in [0.717, 1.165) is 6.92 Å². The zero-order valence-corrected chi connectivity index (χ0v) is 23.6. The van der Waals surface area contributed by atoms with E-state index in [1.54, 1.807) is 0 Å². The minimum absolute atomic E-state index is 0.520.